The summed E-state index contributed by atoms with van der Waals surface area (Å²) >= 11 is 0. The molecular formula is C31H48N2O13. The van der Waals surface area contributed by atoms with Crippen LogP contribution in [-0.2, 0) is 43.2 Å². The van der Waals surface area contributed by atoms with E-state index in [0.717, 1.165) is 0 Å². The molecule has 2 amide bonds. The van der Waals surface area contributed by atoms with Gasteiger partial charge in [0.05, 0.1) is 0 Å². The largest absolute Gasteiger partial charge is 0.481 e. The average Bonchev–Trinajstić information content (AvgIpc) is 2.94. The van der Waals surface area contributed by atoms with Crippen LogP contribution in [0.25, 0.3) is 0 Å². The van der Waals surface area contributed by atoms with Crippen LogP contribution in [0.3, 0.4) is 0 Å². The van der Waals surface area contributed by atoms with Crippen LogP contribution in [0.5, 0.6) is 0 Å². The molecule has 46 heavy (non-hydrogen) atoms. The van der Waals surface area contributed by atoms with E-state index in [9.17, 15) is 53.4 Å². The van der Waals surface area contributed by atoms with Gasteiger partial charge in [0.1, 0.15) is 29.4 Å². The Kier molecular flexibility index (Phi) is 19.6. The predicted octanol–water partition coefficient (Wildman–Crippen LogP) is 2.23. The SMILES string of the molecule is CCC(CCC(=O)NC(CCC(=O)O)C(=O)O)C(=O)CC(CC(C)C)C(=O)CC(CCC(=O)NC(CCC(=O)O)C(=O)O)C(C)=O. The normalized spacial score (nSPS) is 14.3. The minimum absolute atomic E-state index is 0.0201. The Bertz CT molecular complexity index is 1120. The molecule has 0 aromatic carbocycles. The Balaban J connectivity index is 5.34. The molecule has 0 aliphatic carbocycles. The zero-order chi connectivity index (χ0) is 35.6. The number of aliphatic carboxylic acids is 4. The summed E-state index contributed by atoms with van der Waals surface area (Å²) in [7, 11) is 0. The number of carbonyl (C=O) groups is 9. The molecule has 0 saturated carbocycles. The molecule has 0 aromatic rings. The number of amides is 2. The minimum Gasteiger partial charge on any atom is -0.481 e. The maximum atomic E-state index is 13.4. The molecule has 15 nitrogen and oxygen atoms in total. The van der Waals surface area contributed by atoms with Gasteiger partial charge in [0.2, 0.25) is 11.8 Å². The fourth-order valence-electron chi connectivity index (χ4n) is 4.95. The third-order valence-corrected chi connectivity index (χ3v) is 7.63. The Labute approximate surface area is 267 Å². The number of carboxylic acid groups (broad SMARTS) is 4. The lowest BCUT2D eigenvalue weighted by Gasteiger charge is -2.23. The average molecular weight is 657 g/mol. The van der Waals surface area contributed by atoms with Crippen LogP contribution >= 0.6 is 0 Å². The maximum absolute atomic E-state index is 13.4. The number of Topliss-reactive ketones (excluding diaryl/α,β-unsaturated/α-hetero) is 3. The number of rotatable bonds is 26. The fourth-order valence-corrected chi connectivity index (χ4v) is 4.95. The highest BCUT2D eigenvalue weighted by Crippen LogP contribution is 2.26. The van der Waals surface area contributed by atoms with Crippen LogP contribution in [0, 0.1) is 23.7 Å². The molecule has 0 saturated heterocycles. The monoisotopic (exact) mass is 656 g/mol. The quantitative estimate of drug-likeness (QED) is 0.0781. The van der Waals surface area contributed by atoms with E-state index in [2.05, 4.69) is 10.6 Å². The number of nitrogens with one attached hydrogen (secondary N) is 2. The lowest BCUT2D eigenvalue weighted by Crippen LogP contribution is -2.41. The highest BCUT2D eigenvalue weighted by Gasteiger charge is 2.30. The van der Waals surface area contributed by atoms with Gasteiger partial charge in [-0.3, -0.25) is 33.6 Å². The van der Waals surface area contributed by atoms with E-state index in [-0.39, 0.29) is 74.6 Å². The summed E-state index contributed by atoms with van der Waals surface area (Å²) in [4.78, 5) is 108. The highest BCUT2D eigenvalue weighted by molar-refractivity contribution is 5.92. The van der Waals surface area contributed by atoms with E-state index in [1.54, 1.807) is 6.92 Å². The van der Waals surface area contributed by atoms with E-state index < -0.39 is 78.4 Å². The molecule has 6 N–H and O–H groups in total. The van der Waals surface area contributed by atoms with Crippen molar-refractivity contribution in [1.82, 2.24) is 10.6 Å². The number of hydrogen-bond donors (Lipinski definition) is 6. The third-order valence-electron chi connectivity index (χ3n) is 7.63. The van der Waals surface area contributed by atoms with Crippen molar-refractivity contribution in [2.45, 2.75) is 117 Å². The summed E-state index contributed by atoms with van der Waals surface area (Å²) in [6, 6.07) is -2.81. The van der Waals surface area contributed by atoms with E-state index in [1.165, 1.54) is 6.92 Å². The molecule has 260 valence electrons. The maximum Gasteiger partial charge on any atom is 0.326 e. The lowest BCUT2D eigenvalue weighted by molar-refractivity contribution is -0.144. The molecule has 0 aliphatic heterocycles. The van der Waals surface area contributed by atoms with Crippen LogP contribution in [0.15, 0.2) is 0 Å². The first-order valence-corrected chi connectivity index (χ1v) is 15.4. The number of carbonyl (C=O) groups excluding carboxylic acids is 5. The minimum atomic E-state index is -1.42. The Morgan fingerprint density at radius 3 is 1.30 bits per heavy atom. The molecular weight excluding hydrogens is 608 g/mol. The summed E-state index contributed by atoms with van der Waals surface area (Å²) < 4.78 is 0. The van der Waals surface area contributed by atoms with Gasteiger partial charge in [-0.2, -0.15) is 0 Å². The van der Waals surface area contributed by atoms with Crippen molar-refractivity contribution in [3.63, 3.8) is 0 Å². The molecule has 5 atom stereocenters. The molecule has 15 heteroatoms. The predicted molar refractivity (Wildman–Crippen MR) is 161 cm³/mol. The van der Waals surface area contributed by atoms with Crippen LogP contribution in [0.1, 0.15) is 105 Å². The van der Waals surface area contributed by atoms with Gasteiger partial charge in [0, 0.05) is 56.3 Å². The number of ketones is 3. The van der Waals surface area contributed by atoms with Gasteiger partial charge in [-0.25, -0.2) is 9.59 Å². The summed E-state index contributed by atoms with van der Waals surface area (Å²) in [5.41, 5.74) is 0. The van der Waals surface area contributed by atoms with E-state index >= 15 is 0 Å². The van der Waals surface area contributed by atoms with Crippen molar-refractivity contribution in [3.05, 3.63) is 0 Å². The summed E-state index contributed by atoms with van der Waals surface area (Å²) in [6.07, 6.45) is -1.64. The van der Waals surface area contributed by atoms with Gasteiger partial charge in [-0.1, -0.05) is 20.8 Å². The van der Waals surface area contributed by atoms with Gasteiger partial charge >= 0.3 is 23.9 Å². The van der Waals surface area contributed by atoms with Gasteiger partial charge in [0.25, 0.3) is 0 Å². The van der Waals surface area contributed by atoms with Crippen molar-refractivity contribution < 1.29 is 63.6 Å². The first-order valence-electron chi connectivity index (χ1n) is 15.4. The second-order valence-electron chi connectivity index (χ2n) is 11.9. The summed E-state index contributed by atoms with van der Waals surface area (Å²) in [5.74, 6) is -9.72. The molecule has 0 spiro atoms. The highest BCUT2D eigenvalue weighted by atomic mass is 16.4. The third kappa shape index (κ3) is 18.0. The Hall–Kier alpha value is -4.17. The second kappa shape index (κ2) is 21.5. The molecule has 5 unspecified atom stereocenters. The van der Waals surface area contributed by atoms with Crippen molar-refractivity contribution in [1.29, 1.82) is 0 Å². The number of hydrogen-bond acceptors (Lipinski definition) is 9. The van der Waals surface area contributed by atoms with Crippen molar-refractivity contribution in [2.75, 3.05) is 0 Å². The molecule has 0 rings (SSSR count). The van der Waals surface area contributed by atoms with Crippen molar-refractivity contribution in [2.24, 2.45) is 23.7 Å². The molecule has 0 radical (unpaired) electrons. The molecule has 0 bridgehead atoms. The number of carboxylic acids is 4. The van der Waals surface area contributed by atoms with Gasteiger partial charge < -0.3 is 31.1 Å². The zero-order valence-electron chi connectivity index (χ0n) is 26.9. The fraction of sp³-hybridized carbons (Fsp3) is 0.710. The van der Waals surface area contributed by atoms with Crippen LogP contribution in [0.4, 0.5) is 0 Å². The van der Waals surface area contributed by atoms with E-state index in [4.69, 9.17) is 10.2 Å². The topological polar surface area (TPSA) is 259 Å². The Morgan fingerprint density at radius 1 is 0.565 bits per heavy atom. The van der Waals surface area contributed by atoms with Crippen molar-refractivity contribution >= 4 is 53.0 Å². The van der Waals surface area contributed by atoms with Crippen molar-refractivity contribution in [3.8, 4) is 0 Å². The first kappa shape index (κ1) is 41.8. The summed E-state index contributed by atoms with van der Waals surface area (Å²) in [5, 5.41) is 40.5. The van der Waals surface area contributed by atoms with E-state index in [1.807, 2.05) is 13.8 Å². The van der Waals surface area contributed by atoms with Crippen LogP contribution < -0.4 is 10.6 Å². The summed E-state index contributed by atoms with van der Waals surface area (Å²) in [6.45, 7) is 6.73. The first-order chi connectivity index (χ1) is 21.4. The molecule has 0 fully saturated rings. The van der Waals surface area contributed by atoms with Gasteiger partial charge in [-0.05, 0) is 51.4 Å². The zero-order valence-corrected chi connectivity index (χ0v) is 26.9. The molecule has 0 aromatic heterocycles. The smallest absolute Gasteiger partial charge is 0.326 e. The van der Waals surface area contributed by atoms with Gasteiger partial charge in [-0.15, -0.1) is 0 Å². The van der Waals surface area contributed by atoms with Crippen LogP contribution in [0.2, 0.25) is 0 Å². The van der Waals surface area contributed by atoms with Crippen LogP contribution in [-0.4, -0.2) is 85.6 Å². The molecule has 0 aliphatic rings. The standard InChI is InChI=1S/C31H48N2O13/c1-5-19(6-10-26(37)32-22(30(43)44)8-12-28(39)40)24(35)16-21(14-17(2)3)25(36)15-20(18(4)34)7-11-27(38)33-23(31(45)46)9-13-29(41)42/h17,19-23H,5-16H2,1-4H3,(H,32,37)(H,33,38)(H,39,40)(H,41,42)(H,43,44)(H,45,46). The second-order valence-corrected chi connectivity index (χ2v) is 11.9. The Morgan fingerprint density at radius 2 is 0.957 bits per heavy atom. The van der Waals surface area contributed by atoms with Gasteiger partial charge in [0.15, 0.2) is 0 Å². The van der Waals surface area contributed by atoms with E-state index in [0.29, 0.717) is 12.8 Å². The molecule has 0 heterocycles. The lowest BCUT2D eigenvalue weighted by atomic mass is 9.80.